The van der Waals surface area contributed by atoms with Crippen LogP contribution in [0.4, 0.5) is 5.82 Å². The van der Waals surface area contributed by atoms with Gasteiger partial charge in [0.1, 0.15) is 17.7 Å². The van der Waals surface area contributed by atoms with Gasteiger partial charge in [-0.15, -0.1) is 0 Å². The van der Waals surface area contributed by atoms with Crippen molar-refractivity contribution in [1.82, 2.24) is 9.97 Å². The van der Waals surface area contributed by atoms with E-state index in [2.05, 4.69) is 15.3 Å². The second-order valence-corrected chi connectivity index (χ2v) is 4.47. The van der Waals surface area contributed by atoms with Crippen LogP contribution < -0.4 is 10.1 Å². The Bertz CT molecular complexity index is 381. The van der Waals surface area contributed by atoms with Crippen molar-refractivity contribution in [3.8, 4) is 5.88 Å². The minimum Gasteiger partial charge on any atom is -0.478 e. The number of nitrogens with zero attached hydrogens (tertiary/aromatic N) is 2. The van der Waals surface area contributed by atoms with Crippen LogP contribution in [0, 0.1) is 0 Å². The van der Waals surface area contributed by atoms with Crippen molar-refractivity contribution < 1.29 is 14.6 Å². The number of rotatable bonds is 6. The molecule has 1 aliphatic rings. The number of nitrogens with one attached hydrogen (secondary N) is 1. The van der Waals surface area contributed by atoms with Gasteiger partial charge in [0.2, 0.25) is 5.88 Å². The third-order valence-corrected chi connectivity index (χ3v) is 2.78. The Morgan fingerprint density at radius 1 is 1.56 bits per heavy atom. The fourth-order valence-electron chi connectivity index (χ4n) is 1.71. The molecule has 1 aromatic heterocycles. The highest BCUT2D eigenvalue weighted by Crippen LogP contribution is 2.19. The predicted molar refractivity (Wildman–Crippen MR) is 66.7 cm³/mol. The molecular formula is C12H19N3O3. The average molecular weight is 253 g/mol. The summed E-state index contributed by atoms with van der Waals surface area (Å²) in [6.07, 6.45) is 3.02. The molecule has 1 unspecified atom stereocenters. The molecule has 1 fully saturated rings. The van der Waals surface area contributed by atoms with E-state index in [9.17, 15) is 5.11 Å². The van der Waals surface area contributed by atoms with Crippen LogP contribution >= 0.6 is 0 Å². The number of ether oxygens (including phenoxy) is 2. The van der Waals surface area contributed by atoms with Crippen LogP contribution in [0.1, 0.15) is 19.8 Å². The summed E-state index contributed by atoms with van der Waals surface area (Å²) in [4.78, 5) is 8.10. The number of aliphatic hydroxyl groups is 1. The Balaban J connectivity index is 1.88. The molecule has 18 heavy (non-hydrogen) atoms. The van der Waals surface area contributed by atoms with Crippen LogP contribution in [0.15, 0.2) is 12.4 Å². The van der Waals surface area contributed by atoms with E-state index in [-0.39, 0.29) is 0 Å². The van der Waals surface area contributed by atoms with Gasteiger partial charge in [0.15, 0.2) is 0 Å². The maximum absolute atomic E-state index is 10.1. The molecule has 1 aliphatic heterocycles. The smallest absolute Gasteiger partial charge is 0.218 e. The molecule has 0 amide bonds. The first kappa shape index (κ1) is 13.0. The van der Waals surface area contributed by atoms with Gasteiger partial charge in [-0.25, -0.2) is 9.97 Å². The van der Waals surface area contributed by atoms with Crippen molar-refractivity contribution >= 4 is 5.82 Å². The maximum atomic E-state index is 10.1. The minimum absolute atomic E-state index is 0.365. The molecule has 0 saturated carbocycles. The van der Waals surface area contributed by atoms with Gasteiger partial charge in [0, 0.05) is 25.6 Å². The lowest BCUT2D eigenvalue weighted by molar-refractivity contribution is 0.0381. The lowest BCUT2D eigenvalue weighted by Gasteiger charge is -2.20. The van der Waals surface area contributed by atoms with Gasteiger partial charge in [-0.3, -0.25) is 0 Å². The van der Waals surface area contributed by atoms with Crippen LogP contribution in [0.25, 0.3) is 0 Å². The Morgan fingerprint density at radius 3 is 3.17 bits per heavy atom. The van der Waals surface area contributed by atoms with E-state index in [1.807, 2.05) is 6.92 Å². The van der Waals surface area contributed by atoms with E-state index in [0.717, 1.165) is 6.42 Å². The van der Waals surface area contributed by atoms with Gasteiger partial charge < -0.3 is 19.9 Å². The first-order chi connectivity index (χ1) is 8.72. The molecule has 0 aliphatic carbocycles. The number of anilines is 1. The zero-order chi connectivity index (χ0) is 12.8. The van der Waals surface area contributed by atoms with E-state index in [1.54, 1.807) is 6.07 Å². The van der Waals surface area contributed by atoms with Crippen molar-refractivity contribution in [2.45, 2.75) is 25.4 Å². The molecule has 0 aromatic carbocycles. The second kappa shape index (κ2) is 5.97. The summed E-state index contributed by atoms with van der Waals surface area (Å²) in [7, 11) is 0. The molecule has 0 bridgehead atoms. The Morgan fingerprint density at radius 2 is 2.44 bits per heavy atom. The molecule has 6 heteroatoms. The molecule has 1 aromatic rings. The van der Waals surface area contributed by atoms with Crippen LogP contribution in [0.5, 0.6) is 5.88 Å². The molecule has 0 radical (unpaired) electrons. The van der Waals surface area contributed by atoms with Gasteiger partial charge in [-0.05, 0) is 6.42 Å². The Hall–Kier alpha value is -1.40. The monoisotopic (exact) mass is 253 g/mol. The lowest BCUT2D eigenvalue weighted by atomic mass is 10.0. The zero-order valence-corrected chi connectivity index (χ0v) is 10.6. The van der Waals surface area contributed by atoms with Crippen molar-refractivity contribution in [1.29, 1.82) is 0 Å². The topological polar surface area (TPSA) is 76.5 Å². The summed E-state index contributed by atoms with van der Waals surface area (Å²) in [6, 6.07) is 1.73. The molecule has 2 rings (SSSR count). The van der Waals surface area contributed by atoms with Crippen molar-refractivity contribution in [2.75, 3.05) is 31.7 Å². The van der Waals surface area contributed by atoms with E-state index >= 15 is 0 Å². The van der Waals surface area contributed by atoms with Crippen LogP contribution in [-0.4, -0.2) is 47.0 Å². The summed E-state index contributed by atoms with van der Waals surface area (Å²) in [5, 5.41) is 13.2. The summed E-state index contributed by atoms with van der Waals surface area (Å²) in [5.74, 6) is 1.19. The lowest BCUT2D eigenvalue weighted by Crippen LogP contribution is -2.37. The Labute approximate surface area is 106 Å². The zero-order valence-electron chi connectivity index (χ0n) is 10.6. The highest BCUT2D eigenvalue weighted by Gasteiger charge is 2.31. The van der Waals surface area contributed by atoms with E-state index < -0.39 is 5.60 Å². The number of hydrogen-bond donors (Lipinski definition) is 2. The van der Waals surface area contributed by atoms with Gasteiger partial charge in [-0.2, -0.15) is 0 Å². The van der Waals surface area contributed by atoms with Crippen LogP contribution in [0.2, 0.25) is 0 Å². The van der Waals surface area contributed by atoms with Gasteiger partial charge in [0.05, 0.1) is 13.2 Å². The first-order valence-electron chi connectivity index (χ1n) is 6.21. The molecule has 100 valence electrons. The predicted octanol–water partition coefficient (Wildman–Crippen LogP) is 0.829. The average Bonchev–Trinajstić information content (AvgIpc) is 2.82. The molecule has 1 atom stereocenters. The second-order valence-electron chi connectivity index (χ2n) is 4.47. The third kappa shape index (κ3) is 3.54. The highest BCUT2D eigenvalue weighted by molar-refractivity contribution is 5.37. The SMILES string of the molecule is CCCOc1cc(NCC2(O)CCOC2)ncn1. The first-order valence-corrected chi connectivity index (χ1v) is 6.21. The summed E-state index contributed by atoms with van der Waals surface area (Å²) < 4.78 is 10.6. The van der Waals surface area contributed by atoms with Crippen molar-refractivity contribution in [2.24, 2.45) is 0 Å². The van der Waals surface area contributed by atoms with E-state index in [1.165, 1.54) is 6.33 Å². The largest absolute Gasteiger partial charge is 0.478 e. The fraction of sp³-hybridized carbons (Fsp3) is 0.667. The quantitative estimate of drug-likeness (QED) is 0.782. The number of aromatic nitrogens is 2. The third-order valence-electron chi connectivity index (χ3n) is 2.78. The molecule has 2 heterocycles. The molecule has 6 nitrogen and oxygen atoms in total. The van der Waals surface area contributed by atoms with Gasteiger partial charge in [-0.1, -0.05) is 6.92 Å². The summed E-state index contributed by atoms with van der Waals surface area (Å²) >= 11 is 0. The van der Waals surface area contributed by atoms with E-state index in [4.69, 9.17) is 9.47 Å². The van der Waals surface area contributed by atoms with Gasteiger partial charge in [0.25, 0.3) is 0 Å². The van der Waals surface area contributed by atoms with Crippen LogP contribution in [0.3, 0.4) is 0 Å². The van der Waals surface area contributed by atoms with Crippen LogP contribution in [-0.2, 0) is 4.74 Å². The maximum Gasteiger partial charge on any atom is 0.218 e. The molecule has 2 N–H and O–H groups in total. The minimum atomic E-state index is -0.796. The molecule has 0 spiro atoms. The summed E-state index contributed by atoms with van der Waals surface area (Å²) in [5.41, 5.74) is -0.796. The Kier molecular flexibility index (Phi) is 4.33. The molecule has 1 saturated heterocycles. The normalized spacial score (nSPS) is 23.0. The van der Waals surface area contributed by atoms with Crippen molar-refractivity contribution in [3.05, 3.63) is 12.4 Å². The standard InChI is InChI=1S/C12H19N3O3/c1-2-4-18-11-6-10(14-9-15-11)13-7-12(16)3-5-17-8-12/h6,9,16H,2-5,7-8H2,1H3,(H,13,14,15). The van der Waals surface area contributed by atoms with Gasteiger partial charge >= 0.3 is 0 Å². The summed E-state index contributed by atoms with van der Waals surface area (Å²) in [6.45, 7) is 4.05. The van der Waals surface area contributed by atoms with E-state index in [0.29, 0.717) is 44.5 Å². The van der Waals surface area contributed by atoms with Crippen molar-refractivity contribution in [3.63, 3.8) is 0 Å². The fourth-order valence-corrected chi connectivity index (χ4v) is 1.71. The molecular weight excluding hydrogens is 234 g/mol. The highest BCUT2D eigenvalue weighted by atomic mass is 16.5. The number of hydrogen-bond acceptors (Lipinski definition) is 6.